The number of nitrogen functional groups attached to an aromatic ring is 1. The first-order chi connectivity index (χ1) is 29.3. The summed E-state index contributed by atoms with van der Waals surface area (Å²) in [6.07, 6.45) is 0.260. The number of halogens is 2. The number of hydrogen-bond acceptors (Lipinski definition) is 11. The highest BCUT2D eigenvalue weighted by molar-refractivity contribution is 6.34. The van der Waals surface area contributed by atoms with Crippen LogP contribution in [0.5, 0.6) is 0 Å². The Morgan fingerprint density at radius 2 is 1.05 bits per heavy atom. The molecule has 0 fully saturated rings. The lowest BCUT2D eigenvalue weighted by Gasteiger charge is -2.30. The van der Waals surface area contributed by atoms with Crippen molar-refractivity contribution in [1.82, 2.24) is 29.4 Å². The van der Waals surface area contributed by atoms with Gasteiger partial charge in [0.25, 0.3) is 11.8 Å². The molecular weight excluding hydrogens is 819 g/mol. The van der Waals surface area contributed by atoms with Crippen LogP contribution in [0, 0.1) is 11.6 Å². The number of nitrogens with two attached hydrogens (primary N) is 3. The Morgan fingerprint density at radius 3 is 1.48 bits per heavy atom. The van der Waals surface area contributed by atoms with E-state index in [9.17, 15) is 28.0 Å². The number of rotatable bonds is 5. The van der Waals surface area contributed by atoms with Crippen LogP contribution in [-0.2, 0) is 48.5 Å². The molecule has 0 saturated heterocycles. The number of hydrazine groups is 1. The van der Waals surface area contributed by atoms with E-state index in [4.69, 9.17) is 15.2 Å². The molecule has 0 spiro atoms. The largest absolute Gasteiger partial charge is 0.444 e. The van der Waals surface area contributed by atoms with Crippen molar-refractivity contribution in [3.8, 4) is 0 Å². The fourth-order valence-corrected chi connectivity index (χ4v) is 7.28. The van der Waals surface area contributed by atoms with Crippen LogP contribution in [-0.4, -0.2) is 83.1 Å². The van der Waals surface area contributed by atoms with E-state index >= 15 is 0 Å². The minimum atomic E-state index is -0.642. The van der Waals surface area contributed by atoms with Crippen molar-refractivity contribution >= 4 is 35.6 Å². The summed E-state index contributed by atoms with van der Waals surface area (Å²) in [5, 5.41) is 9.07. The molecule has 3 aliphatic heterocycles. The lowest BCUT2D eigenvalue weighted by atomic mass is 10.1. The fourth-order valence-electron chi connectivity index (χ4n) is 7.28. The number of fused-ring (bicyclic) bond motifs is 3. The van der Waals surface area contributed by atoms with E-state index < -0.39 is 29.1 Å². The molecule has 3 aromatic carbocycles. The minimum absolute atomic E-state index is 0. The van der Waals surface area contributed by atoms with Crippen LogP contribution in [0.4, 0.5) is 30.0 Å². The number of carbonyl (C=O) groups excluding carboxylic acids is 4. The third-order valence-corrected chi connectivity index (χ3v) is 10.1. The lowest BCUT2D eigenvalue weighted by Crippen LogP contribution is -2.40. The van der Waals surface area contributed by atoms with Gasteiger partial charge in [0.2, 0.25) is 0 Å². The van der Waals surface area contributed by atoms with Gasteiger partial charge in [-0.1, -0.05) is 36.4 Å². The zero-order valence-electron chi connectivity index (χ0n) is 36.2. The van der Waals surface area contributed by atoms with Gasteiger partial charge >= 0.3 is 12.2 Å². The molecule has 2 aromatic heterocycles. The molecule has 8 N–H and O–H groups in total. The summed E-state index contributed by atoms with van der Waals surface area (Å²) in [6, 6.07) is 19.0. The van der Waals surface area contributed by atoms with Crippen molar-refractivity contribution in [2.45, 2.75) is 91.8 Å². The number of ether oxygens (including phenoxy) is 2. The van der Waals surface area contributed by atoms with E-state index in [2.05, 4.69) is 21.9 Å². The van der Waals surface area contributed by atoms with E-state index in [1.165, 1.54) is 24.3 Å². The van der Waals surface area contributed by atoms with Gasteiger partial charge in [0.15, 0.2) is 5.82 Å². The topological polar surface area (TPSA) is 242 Å². The molecule has 0 radical (unpaired) electrons. The van der Waals surface area contributed by atoms with Crippen LogP contribution in [0.2, 0.25) is 0 Å². The van der Waals surface area contributed by atoms with E-state index in [1.807, 2.05) is 20.8 Å². The summed E-state index contributed by atoms with van der Waals surface area (Å²) in [7, 11) is 0. The maximum absolute atomic E-state index is 13.4. The summed E-state index contributed by atoms with van der Waals surface area (Å²) in [6.45, 7) is 13.2. The molecule has 0 bridgehead atoms. The molecule has 0 unspecified atom stereocenters. The Hall–Kier alpha value is -6.70. The predicted octanol–water partition coefficient (Wildman–Crippen LogP) is 5.10. The van der Waals surface area contributed by atoms with E-state index in [1.54, 1.807) is 88.5 Å². The molecule has 63 heavy (non-hydrogen) atoms. The van der Waals surface area contributed by atoms with Gasteiger partial charge in [-0.05, 0) is 102 Å². The average molecular weight is 873 g/mol. The van der Waals surface area contributed by atoms with E-state index in [0.29, 0.717) is 61.7 Å². The van der Waals surface area contributed by atoms with Crippen molar-refractivity contribution in [1.29, 1.82) is 0 Å². The number of anilines is 2. The number of nitrogens with zero attached hydrogens (tertiary/aromatic N) is 7. The SMILES string of the molecule is CC(C)(C)OC(=O)N1CCc2c(N)nn(Cc3ccc(F)cc3)c2C1.CC(C)(C)OC(=O)N1CCc2c(N3C(=O)c4ccccc4C3=O)nn(Cc3ccc(F)cc3)c2C1.NN.O. The van der Waals surface area contributed by atoms with Gasteiger partial charge in [-0.25, -0.2) is 23.3 Å². The summed E-state index contributed by atoms with van der Waals surface area (Å²) in [4.78, 5) is 55.8. The third-order valence-electron chi connectivity index (χ3n) is 10.1. The quantitative estimate of drug-likeness (QED) is 0.119. The molecule has 5 heterocycles. The average Bonchev–Trinajstić information content (AvgIpc) is 3.82. The first-order valence-electron chi connectivity index (χ1n) is 20.0. The molecule has 5 aromatic rings. The Kier molecular flexibility index (Phi) is 14.4. The van der Waals surface area contributed by atoms with Gasteiger partial charge in [-0.2, -0.15) is 10.2 Å². The minimum Gasteiger partial charge on any atom is -0.444 e. The zero-order chi connectivity index (χ0) is 45.1. The molecule has 19 heteroatoms. The molecular formula is C44H54F2N10O7. The molecule has 4 amide bonds. The molecule has 8 rings (SSSR count). The number of hydrogen-bond donors (Lipinski definition) is 3. The Labute approximate surface area is 363 Å². The van der Waals surface area contributed by atoms with Gasteiger partial charge in [0, 0.05) is 24.2 Å². The zero-order valence-corrected chi connectivity index (χ0v) is 36.2. The van der Waals surface area contributed by atoms with E-state index in [0.717, 1.165) is 32.8 Å². The second-order valence-corrected chi connectivity index (χ2v) is 16.9. The van der Waals surface area contributed by atoms with Crippen LogP contribution in [0.1, 0.15) is 95.9 Å². The van der Waals surface area contributed by atoms with Crippen molar-refractivity contribution < 1.29 is 42.9 Å². The highest BCUT2D eigenvalue weighted by Gasteiger charge is 2.41. The standard InChI is InChI=1S/C26H25FN4O4.C18H23FN4O2.H4N2.H2O/c1-26(2,3)35-25(34)29-13-12-20-21(15-29)30(14-16-8-10-17(27)11-9-16)28-22(20)31-23(32)18-6-4-5-7-19(18)24(31)33;1-18(2,3)25-17(24)22-9-8-14-15(11-22)23(21-16(14)20)10-12-4-6-13(19)7-5-12;1-2;/h4-11H,12-15H2,1-3H3;4-7H,8-11H2,1-3H3,(H2,20,21);1-2H2;1H2. The second kappa shape index (κ2) is 19.1. The van der Waals surface area contributed by atoms with Gasteiger partial charge in [-0.15, -0.1) is 0 Å². The molecule has 17 nitrogen and oxygen atoms in total. The first kappa shape index (κ1) is 47.4. The molecule has 336 valence electrons. The lowest BCUT2D eigenvalue weighted by molar-refractivity contribution is 0.0209. The summed E-state index contributed by atoms with van der Waals surface area (Å²) >= 11 is 0. The smallest absolute Gasteiger partial charge is 0.410 e. The fraction of sp³-hybridized carbons (Fsp3) is 0.364. The van der Waals surface area contributed by atoms with E-state index in [-0.39, 0.29) is 42.1 Å². The summed E-state index contributed by atoms with van der Waals surface area (Å²) < 4.78 is 41.0. The summed E-state index contributed by atoms with van der Waals surface area (Å²) in [5.74, 6) is 7.29. The van der Waals surface area contributed by atoms with Crippen molar-refractivity contribution in [3.05, 3.63) is 129 Å². The molecule has 0 aliphatic carbocycles. The predicted molar refractivity (Wildman–Crippen MR) is 230 cm³/mol. The van der Waals surface area contributed by atoms with Gasteiger partial charge < -0.3 is 30.5 Å². The van der Waals surface area contributed by atoms with Crippen molar-refractivity contribution in [2.75, 3.05) is 23.7 Å². The van der Waals surface area contributed by atoms with Crippen LogP contribution in [0.3, 0.4) is 0 Å². The van der Waals surface area contributed by atoms with Crippen molar-refractivity contribution in [3.63, 3.8) is 0 Å². The first-order valence-corrected chi connectivity index (χ1v) is 20.0. The van der Waals surface area contributed by atoms with Crippen LogP contribution < -0.4 is 22.3 Å². The number of benzene rings is 3. The molecule has 3 aliphatic rings. The molecule has 0 saturated carbocycles. The van der Waals surface area contributed by atoms with Gasteiger partial charge in [0.1, 0.15) is 28.7 Å². The maximum atomic E-state index is 13.4. The monoisotopic (exact) mass is 872 g/mol. The van der Waals surface area contributed by atoms with Gasteiger partial charge in [0.05, 0.1) is 48.7 Å². The third kappa shape index (κ3) is 10.9. The summed E-state index contributed by atoms with van der Waals surface area (Å²) in [5.41, 5.74) is 10.6. The normalized spacial score (nSPS) is 14.3. The number of amides is 4. The van der Waals surface area contributed by atoms with Crippen LogP contribution >= 0.6 is 0 Å². The Balaban J connectivity index is 0.000000237. The van der Waals surface area contributed by atoms with Crippen LogP contribution in [0.15, 0.2) is 72.8 Å². The Morgan fingerprint density at radius 1 is 0.651 bits per heavy atom. The Bertz CT molecular complexity index is 2420. The van der Waals surface area contributed by atoms with Crippen LogP contribution in [0.25, 0.3) is 0 Å². The maximum Gasteiger partial charge on any atom is 0.410 e. The number of aromatic nitrogens is 4. The number of imide groups is 1. The second-order valence-electron chi connectivity index (χ2n) is 16.9. The molecule has 0 atom stereocenters. The highest BCUT2D eigenvalue weighted by Crippen LogP contribution is 2.35. The van der Waals surface area contributed by atoms with Gasteiger partial charge in [-0.3, -0.25) is 30.6 Å². The van der Waals surface area contributed by atoms with Crippen molar-refractivity contribution in [2.24, 2.45) is 11.7 Å². The number of carbonyl (C=O) groups is 4. The highest BCUT2D eigenvalue weighted by atomic mass is 19.1.